The fourth-order valence-corrected chi connectivity index (χ4v) is 3.70. The van der Waals surface area contributed by atoms with Crippen molar-refractivity contribution in [3.05, 3.63) is 0 Å². The maximum Gasteiger partial charge on any atom is 0.321 e. The summed E-state index contributed by atoms with van der Waals surface area (Å²) in [5.74, 6) is -4.92. The van der Waals surface area contributed by atoms with Crippen LogP contribution in [0.4, 0.5) is 0 Å². The highest BCUT2D eigenvalue weighted by Crippen LogP contribution is 2.47. The molecule has 0 aromatic carbocycles. The number of carboxylic acid groups (broad SMARTS) is 1. The van der Waals surface area contributed by atoms with Gasteiger partial charge in [0.05, 0.1) is 19.6 Å². The summed E-state index contributed by atoms with van der Waals surface area (Å²) < 4.78 is 29.8. The van der Waals surface area contributed by atoms with Crippen LogP contribution >= 0.6 is 0 Å². The number of amides is 1. The summed E-state index contributed by atoms with van der Waals surface area (Å²) in [6.07, 6.45) is -1.73. The molecule has 0 spiro atoms. The minimum atomic E-state index is -1.26. The lowest BCUT2D eigenvalue weighted by molar-refractivity contribution is -0.278. The van der Waals surface area contributed by atoms with Gasteiger partial charge in [-0.3, -0.25) is 14.9 Å². The Morgan fingerprint density at radius 2 is 1.88 bits per heavy atom. The molecule has 5 atom stereocenters. The number of carbonyl (C=O) groups is 2. The van der Waals surface area contributed by atoms with E-state index in [1.807, 2.05) is 0 Å². The standard InChI is InChI=1S/C16H26N2O8/c1-14(2)23-9-6-22-16(7-18-8(13(20)21)5-10(17)19)12(11(9)24-14)25-15(3,4)26-16/h8-9,11-12,18H,5-7H2,1-4H3,(H2,17,19)(H,20,21)/t8-,9+,11+,12-,16-/m0/s1. The van der Waals surface area contributed by atoms with Crippen LogP contribution in [-0.2, 0) is 33.3 Å². The topological polar surface area (TPSA) is 139 Å². The van der Waals surface area contributed by atoms with E-state index in [4.69, 9.17) is 29.4 Å². The highest BCUT2D eigenvalue weighted by molar-refractivity contribution is 5.83. The zero-order valence-corrected chi connectivity index (χ0v) is 15.3. The predicted octanol–water partition coefficient (Wildman–Crippen LogP) is -0.697. The number of aliphatic carboxylic acids is 1. The highest BCUT2D eigenvalue weighted by Gasteiger charge is 2.65. The normalized spacial score (nSPS) is 38.4. The van der Waals surface area contributed by atoms with Crippen LogP contribution in [0.5, 0.6) is 0 Å². The summed E-state index contributed by atoms with van der Waals surface area (Å²) in [6, 6.07) is -1.16. The Hall–Kier alpha value is -1.30. The molecule has 3 fully saturated rings. The first-order chi connectivity index (χ1) is 11.9. The van der Waals surface area contributed by atoms with E-state index >= 15 is 0 Å². The number of hydrogen-bond donors (Lipinski definition) is 3. The first-order valence-corrected chi connectivity index (χ1v) is 8.55. The van der Waals surface area contributed by atoms with Crippen LogP contribution in [0, 0.1) is 0 Å². The number of carboxylic acids is 1. The Labute approximate surface area is 151 Å². The van der Waals surface area contributed by atoms with Gasteiger partial charge in [-0.25, -0.2) is 0 Å². The third kappa shape index (κ3) is 3.71. The van der Waals surface area contributed by atoms with Crippen LogP contribution in [0.1, 0.15) is 34.1 Å². The van der Waals surface area contributed by atoms with Crippen LogP contribution < -0.4 is 11.1 Å². The zero-order valence-electron chi connectivity index (χ0n) is 15.3. The molecule has 0 unspecified atom stereocenters. The van der Waals surface area contributed by atoms with Crippen molar-refractivity contribution in [3.8, 4) is 0 Å². The van der Waals surface area contributed by atoms with Crippen molar-refractivity contribution in [1.82, 2.24) is 5.32 Å². The number of rotatable bonds is 6. The molecular weight excluding hydrogens is 348 g/mol. The number of fused-ring (bicyclic) bond motifs is 3. The molecule has 0 aromatic rings. The molecule has 3 aliphatic heterocycles. The third-order valence-electron chi connectivity index (χ3n) is 4.57. The molecule has 10 heteroatoms. The average Bonchev–Trinajstić information content (AvgIpc) is 2.94. The lowest BCUT2D eigenvalue weighted by Gasteiger charge is -2.41. The Bertz CT molecular complexity index is 595. The van der Waals surface area contributed by atoms with Gasteiger partial charge in [-0.15, -0.1) is 0 Å². The van der Waals surface area contributed by atoms with Gasteiger partial charge in [-0.2, -0.15) is 0 Å². The maximum atomic E-state index is 11.4. The Morgan fingerprint density at radius 1 is 1.19 bits per heavy atom. The largest absolute Gasteiger partial charge is 0.480 e. The number of hydrogen-bond acceptors (Lipinski definition) is 8. The van der Waals surface area contributed by atoms with Crippen molar-refractivity contribution in [3.63, 3.8) is 0 Å². The van der Waals surface area contributed by atoms with Crippen LogP contribution in [0.3, 0.4) is 0 Å². The molecule has 3 aliphatic rings. The Morgan fingerprint density at radius 3 is 2.50 bits per heavy atom. The molecule has 3 rings (SSSR count). The molecule has 4 N–H and O–H groups in total. The second-order valence-corrected chi connectivity index (χ2v) is 7.74. The van der Waals surface area contributed by atoms with E-state index in [1.54, 1.807) is 27.7 Å². The Kier molecular flexibility index (Phi) is 4.79. The number of ether oxygens (including phenoxy) is 5. The Balaban J connectivity index is 1.79. The molecule has 148 valence electrons. The summed E-state index contributed by atoms with van der Waals surface area (Å²) in [7, 11) is 0. The van der Waals surface area contributed by atoms with Gasteiger partial charge >= 0.3 is 5.97 Å². The van der Waals surface area contributed by atoms with Crippen molar-refractivity contribution < 1.29 is 38.4 Å². The summed E-state index contributed by atoms with van der Waals surface area (Å²) in [6.45, 7) is 7.28. The van der Waals surface area contributed by atoms with Gasteiger partial charge in [0.25, 0.3) is 0 Å². The second kappa shape index (κ2) is 6.39. The minimum Gasteiger partial charge on any atom is -0.480 e. The second-order valence-electron chi connectivity index (χ2n) is 7.74. The third-order valence-corrected chi connectivity index (χ3v) is 4.57. The van der Waals surface area contributed by atoms with Crippen molar-refractivity contribution >= 4 is 11.9 Å². The molecule has 0 radical (unpaired) electrons. The fourth-order valence-electron chi connectivity index (χ4n) is 3.70. The van der Waals surface area contributed by atoms with Crippen LogP contribution in [-0.4, -0.2) is 71.8 Å². The van der Waals surface area contributed by atoms with E-state index in [-0.39, 0.29) is 25.7 Å². The summed E-state index contributed by atoms with van der Waals surface area (Å²) in [5, 5.41) is 12.1. The molecule has 10 nitrogen and oxygen atoms in total. The van der Waals surface area contributed by atoms with Gasteiger partial charge in [0.15, 0.2) is 11.6 Å². The highest BCUT2D eigenvalue weighted by atomic mass is 16.9. The smallest absolute Gasteiger partial charge is 0.321 e. The molecule has 0 saturated carbocycles. The molecule has 3 heterocycles. The summed E-state index contributed by atoms with van der Waals surface area (Å²) >= 11 is 0. The predicted molar refractivity (Wildman–Crippen MR) is 85.8 cm³/mol. The lowest BCUT2D eigenvalue weighted by atomic mass is 9.96. The molecule has 0 bridgehead atoms. The van der Waals surface area contributed by atoms with E-state index in [1.165, 1.54) is 0 Å². The van der Waals surface area contributed by atoms with Gasteiger partial charge in [0.1, 0.15) is 24.4 Å². The van der Waals surface area contributed by atoms with E-state index < -0.39 is 47.5 Å². The SMILES string of the molecule is CC1(C)O[C@@H]2[C@@H](CO[C@@]3(CN[C@@H](CC(N)=O)C(=O)O)OC(C)(C)O[C@@H]23)O1. The number of primary amides is 1. The monoisotopic (exact) mass is 374 g/mol. The number of nitrogens with one attached hydrogen (secondary N) is 1. The molecule has 26 heavy (non-hydrogen) atoms. The molecule has 3 saturated heterocycles. The van der Waals surface area contributed by atoms with Crippen LogP contribution in [0.15, 0.2) is 0 Å². The van der Waals surface area contributed by atoms with E-state index in [2.05, 4.69) is 5.32 Å². The number of nitrogens with two attached hydrogens (primary N) is 1. The van der Waals surface area contributed by atoms with Crippen molar-refractivity contribution in [2.75, 3.05) is 13.2 Å². The van der Waals surface area contributed by atoms with Gasteiger partial charge in [-0.05, 0) is 27.7 Å². The van der Waals surface area contributed by atoms with Crippen molar-refractivity contribution in [1.29, 1.82) is 0 Å². The fraction of sp³-hybridized carbons (Fsp3) is 0.875. The number of carbonyl (C=O) groups excluding carboxylic acids is 1. The zero-order chi connectivity index (χ0) is 19.3. The molecule has 1 amide bonds. The van der Waals surface area contributed by atoms with Crippen molar-refractivity contribution in [2.45, 2.75) is 75.8 Å². The summed E-state index contributed by atoms with van der Waals surface area (Å²) in [5.41, 5.74) is 5.12. The minimum absolute atomic E-state index is 0.0155. The molecule has 0 aromatic heterocycles. The summed E-state index contributed by atoms with van der Waals surface area (Å²) in [4.78, 5) is 22.5. The van der Waals surface area contributed by atoms with Gasteiger partial charge in [0.2, 0.25) is 11.7 Å². The first kappa shape index (κ1) is 19.5. The molecule has 0 aliphatic carbocycles. The first-order valence-electron chi connectivity index (χ1n) is 8.55. The maximum absolute atomic E-state index is 11.4. The van der Waals surface area contributed by atoms with Crippen LogP contribution in [0.2, 0.25) is 0 Å². The van der Waals surface area contributed by atoms with E-state index in [9.17, 15) is 14.7 Å². The van der Waals surface area contributed by atoms with E-state index in [0.717, 1.165) is 0 Å². The van der Waals surface area contributed by atoms with E-state index in [0.29, 0.717) is 0 Å². The van der Waals surface area contributed by atoms with Crippen LogP contribution in [0.25, 0.3) is 0 Å². The van der Waals surface area contributed by atoms with Crippen molar-refractivity contribution in [2.24, 2.45) is 5.73 Å². The average molecular weight is 374 g/mol. The quantitative estimate of drug-likeness (QED) is 0.551. The van der Waals surface area contributed by atoms with Gasteiger partial charge < -0.3 is 34.5 Å². The van der Waals surface area contributed by atoms with Gasteiger partial charge in [0, 0.05) is 0 Å². The van der Waals surface area contributed by atoms with Gasteiger partial charge in [-0.1, -0.05) is 0 Å². The molecular formula is C16H26N2O8. The lowest BCUT2D eigenvalue weighted by Crippen LogP contribution is -2.63.